The molecule has 0 bridgehead atoms. The summed E-state index contributed by atoms with van der Waals surface area (Å²) < 4.78 is 1.44. The van der Waals surface area contributed by atoms with Gasteiger partial charge in [-0.3, -0.25) is 0 Å². The molecule has 2 aromatic heterocycles. The van der Waals surface area contributed by atoms with E-state index in [1.807, 2.05) is 0 Å². The quantitative estimate of drug-likeness (QED) is 0.757. The number of nitrogens with zero attached hydrogens (tertiary/aromatic N) is 3. The molecular formula is C7H6N4O2S. The standard InChI is InChI=1S/C7H6N4O2S/c8-4-1-9-11(2-4)7-10-5(3-14-7)6(12)13/h1-3H,8H2,(H,12,13). The lowest BCUT2D eigenvalue weighted by atomic mass is 10.5. The monoisotopic (exact) mass is 210 g/mol. The van der Waals surface area contributed by atoms with Crippen LogP contribution in [0.5, 0.6) is 0 Å². The third kappa shape index (κ3) is 1.44. The van der Waals surface area contributed by atoms with Gasteiger partial charge in [0.05, 0.1) is 18.1 Å². The number of carbonyl (C=O) groups is 1. The summed E-state index contributed by atoms with van der Waals surface area (Å²) in [5.74, 6) is -1.05. The Morgan fingerprint density at radius 3 is 2.93 bits per heavy atom. The normalized spacial score (nSPS) is 10.3. The number of aromatic nitrogens is 3. The molecule has 72 valence electrons. The van der Waals surface area contributed by atoms with Crippen LogP contribution in [0.25, 0.3) is 5.13 Å². The zero-order chi connectivity index (χ0) is 10.1. The summed E-state index contributed by atoms with van der Waals surface area (Å²) in [6, 6.07) is 0. The van der Waals surface area contributed by atoms with Gasteiger partial charge in [-0.2, -0.15) is 5.10 Å². The summed E-state index contributed by atoms with van der Waals surface area (Å²) in [4.78, 5) is 14.4. The number of thiazole rings is 1. The third-order valence-electron chi connectivity index (χ3n) is 1.51. The summed E-state index contributed by atoms with van der Waals surface area (Å²) in [5, 5.41) is 14.5. The molecule has 2 aromatic rings. The van der Waals surface area contributed by atoms with Crippen molar-refractivity contribution in [2.24, 2.45) is 0 Å². The summed E-state index contributed by atoms with van der Waals surface area (Å²) >= 11 is 1.20. The molecule has 0 aliphatic carbocycles. The molecule has 0 spiro atoms. The van der Waals surface area contributed by atoms with Crippen LogP contribution < -0.4 is 5.73 Å². The first-order chi connectivity index (χ1) is 6.66. The lowest BCUT2D eigenvalue weighted by Gasteiger charge is -1.91. The highest BCUT2D eigenvalue weighted by atomic mass is 32.1. The molecule has 0 saturated carbocycles. The van der Waals surface area contributed by atoms with Gasteiger partial charge in [0.25, 0.3) is 0 Å². The van der Waals surface area contributed by atoms with E-state index in [4.69, 9.17) is 10.8 Å². The van der Waals surface area contributed by atoms with Crippen LogP contribution in [-0.2, 0) is 0 Å². The van der Waals surface area contributed by atoms with Gasteiger partial charge in [0.2, 0.25) is 5.13 Å². The number of nitrogen functional groups attached to an aromatic ring is 1. The van der Waals surface area contributed by atoms with Crippen molar-refractivity contribution in [3.05, 3.63) is 23.5 Å². The number of hydrogen-bond acceptors (Lipinski definition) is 5. The van der Waals surface area contributed by atoms with E-state index < -0.39 is 5.97 Å². The van der Waals surface area contributed by atoms with Crippen molar-refractivity contribution in [2.45, 2.75) is 0 Å². The van der Waals surface area contributed by atoms with E-state index in [0.717, 1.165) is 0 Å². The van der Waals surface area contributed by atoms with Crippen LogP contribution in [0.2, 0.25) is 0 Å². The van der Waals surface area contributed by atoms with Crippen LogP contribution in [0.3, 0.4) is 0 Å². The van der Waals surface area contributed by atoms with Gasteiger partial charge in [-0.05, 0) is 0 Å². The molecule has 0 unspecified atom stereocenters. The van der Waals surface area contributed by atoms with Crippen molar-refractivity contribution in [3.63, 3.8) is 0 Å². The Balaban J connectivity index is 2.38. The molecule has 0 aliphatic rings. The summed E-state index contributed by atoms with van der Waals surface area (Å²) in [5.41, 5.74) is 5.98. The molecule has 0 atom stereocenters. The fourth-order valence-corrected chi connectivity index (χ4v) is 1.64. The Labute approximate surface area is 82.6 Å². The smallest absolute Gasteiger partial charge is 0.355 e. The first-order valence-corrected chi connectivity index (χ1v) is 4.54. The Kier molecular flexibility index (Phi) is 1.93. The average Bonchev–Trinajstić information content (AvgIpc) is 2.70. The Bertz CT molecular complexity index is 475. The minimum Gasteiger partial charge on any atom is -0.476 e. The number of anilines is 1. The molecule has 0 aromatic carbocycles. The number of hydrogen-bond donors (Lipinski definition) is 2. The maximum absolute atomic E-state index is 10.5. The van der Waals surface area contributed by atoms with Gasteiger partial charge >= 0.3 is 5.97 Å². The van der Waals surface area contributed by atoms with Gasteiger partial charge in [0.15, 0.2) is 5.69 Å². The Hall–Kier alpha value is -1.89. The number of carboxylic acids is 1. The van der Waals surface area contributed by atoms with Crippen LogP contribution in [0.15, 0.2) is 17.8 Å². The number of carboxylic acid groups (broad SMARTS) is 1. The molecular weight excluding hydrogens is 204 g/mol. The molecule has 7 heteroatoms. The average molecular weight is 210 g/mol. The minimum atomic E-state index is -1.05. The highest BCUT2D eigenvalue weighted by molar-refractivity contribution is 7.12. The van der Waals surface area contributed by atoms with E-state index in [0.29, 0.717) is 10.8 Å². The van der Waals surface area contributed by atoms with Gasteiger partial charge in [-0.25, -0.2) is 14.5 Å². The fraction of sp³-hybridized carbons (Fsp3) is 0. The van der Waals surface area contributed by atoms with Gasteiger partial charge in [-0.1, -0.05) is 0 Å². The van der Waals surface area contributed by atoms with E-state index in [9.17, 15) is 4.79 Å². The predicted molar refractivity (Wildman–Crippen MR) is 50.6 cm³/mol. The van der Waals surface area contributed by atoms with Gasteiger partial charge in [0.1, 0.15) is 0 Å². The van der Waals surface area contributed by atoms with Crippen molar-refractivity contribution >= 4 is 23.0 Å². The SMILES string of the molecule is Nc1cnn(-c2nc(C(=O)O)cs2)c1. The molecule has 3 N–H and O–H groups in total. The van der Waals surface area contributed by atoms with Crippen LogP contribution in [0.4, 0.5) is 5.69 Å². The molecule has 2 rings (SSSR count). The number of aromatic carboxylic acids is 1. The van der Waals surface area contributed by atoms with Crippen LogP contribution in [0, 0.1) is 0 Å². The lowest BCUT2D eigenvalue weighted by Crippen LogP contribution is -1.98. The first-order valence-electron chi connectivity index (χ1n) is 3.66. The second-order valence-corrected chi connectivity index (χ2v) is 3.38. The molecule has 0 fully saturated rings. The molecule has 2 heterocycles. The van der Waals surface area contributed by atoms with Crippen molar-refractivity contribution < 1.29 is 9.90 Å². The van der Waals surface area contributed by atoms with Gasteiger partial charge in [0, 0.05) is 5.38 Å². The van der Waals surface area contributed by atoms with E-state index in [2.05, 4.69) is 10.1 Å². The fourth-order valence-electron chi connectivity index (χ4n) is 0.909. The zero-order valence-electron chi connectivity index (χ0n) is 6.91. The molecule has 14 heavy (non-hydrogen) atoms. The van der Waals surface area contributed by atoms with E-state index in [1.165, 1.54) is 27.6 Å². The summed E-state index contributed by atoms with van der Waals surface area (Å²) in [6.07, 6.45) is 3.05. The second kappa shape index (κ2) is 3.11. The summed E-state index contributed by atoms with van der Waals surface area (Å²) in [6.45, 7) is 0. The van der Waals surface area contributed by atoms with Crippen molar-refractivity contribution in [3.8, 4) is 5.13 Å². The van der Waals surface area contributed by atoms with Crippen molar-refractivity contribution in [2.75, 3.05) is 5.73 Å². The van der Waals surface area contributed by atoms with E-state index in [1.54, 1.807) is 6.20 Å². The first kappa shape index (κ1) is 8.70. The minimum absolute atomic E-state index is 0.0130. The zero-order valence-corrected chi connectivity index (χ0v) is 7.73. The highest BCUT2D eigenvalue weighted by Crippen LogP contribution is 2.15. The molecule has 6 nitrogen and oxygen atoms in total. The Morgan fingerprint density at radius 1 is 1.64 bits per heavy atom. The van der Waals surface area contributed by atoms with E-state index >= 15 is 0 Å². The maximum Gasteiger partial charge on any atom is 0.355 e. The van der Waals surface area contributed by atoms with Crippen LogP contribution in [0.1, 0.15) is 10.5 Å². The largest absolute Gasteiger partial charge is 0.476 e. The Morgan fingerprint density at radius 2 is 2.43 bits per heavy atom. The molecule has 0 aliphatic heterocycles. The number of nitrogens with two attached hydrogens (primary N) is 1. The van der Waals surface area contributed by atoms with Gasteiger partial charge in [-0.15, -0.1) is 11.3 Å². The summed E-state index contributed by atoms with van der Waals surface area (Å²) in [7, 11) is 0. The van der Waals surface area contributed by atoms with Crippen LogP contribution in [-0.4, -0.2) is 25.8 Å². The lowest BCUT2D eigenvalue weighted by molar-refractivity contribution is 0.0691. The highest BCUT2D eigenvalue weighted by Gasteiger charge is 2.10. The maximum atomic E-state index is 10.5. The molecule has 0 saturated heterocycles. The van der Waals surface area contributed by atoms with Crippen LogP contribution >= 0.6 is 11.3 Å². The predicted octanol–water partition coefficient (Wildman–Crippen LogP) is 0.609. The van der Waals surface area contributed by atoms with Crippen molar-refractivity contribution in [1.82, 2.24) is 14.8 Å². The number of rotatable bonds is 2. The third-order valence-corrected chi connectivity index (χ3v) is 2.34. The van der Waals surface area contributed by atoms with E-state index in [-0.39, 0.29) is 5.69 Å². The molecule has 0 amide bonds. The second-order valence-electron chi connectivity index (χ2n) is 2.54. The molecule has 0 radical (unpaired) electrons. The van der Waals surface area contributed by atoms with Crippen molar-refractivity contribution in [1.29, 1.82) is 0 Å². The topological polar surface area (TPSA) is 94.0 Å². The van der Waals surface area contributed by atoms with Gasteiger partial charge < -0.3 is 10.8 Å².